The lowest BCUT2D eigenvalue weighted by Gasteiger charge is -2.34. The fourth-order valence-electron chi connectivity index (χ4n) is 3.10. The van der Waals surface area contributed by atoms with Gasteiger partial charge in [0.25, 0.3) is 0 Å². The second-order valence-corrected chi connectivity index (χ2v) is 6.01. The number of hydrogen-bond donors (Lipinski definition) is 1. The molecule has 1 heterocycles. The smallest absolute Gasteiger partial charge is 0.222 e. The third-order valence-corrected chi connectivity index (χ3v) is 4.62. The lowest BCUT2D eigenvalue weighted by molar-refractivity contribution is -0.134. The zero-order chi connectivity index (χ0) is 13.0. The molecule has 1 aliphatic heterocycles. The Morgan fingerprint density at radius 3 is 2.17 bits per heavy atom. The molecule has 104 valence electrons. The van der Waals surface area contributed by atoms with Gasteiger partial charge in [-0.25, -0.2) is 0 Å². The molecule has 4 nitrogen and oxygen atoms in total. The van der Waals surface area contributed by atoms with Gasteiger partial charge >= 0.3 is 0 Å². The van der Waals surface area contributed by atoms with E-state index >= 15 is 0 Å². The first kappa shape index (κ1) is 13.8. The van der Waals surface area contributed by atoms with Crippen molar-refractivity contribution in [3.05, 3.63) is 0 Å². The number of hydrogen-bond acceptors (Lipinski definition) is 3. The first-order chi connectivity index (χ1) is 8.69. The van der Waals surface area contributed by atoms with E-state index in [9.17, 15) is 4.79 Å². The molecule has 1 saturated carbocycles. The Hall–Kier alpha value is -0.610. The number of carbonyl (C=O) groups is 1. The average Bonchev–Trinajstić information content (AvgIpc) is 2.40. The summed E-state index contributed by atoms with van der Waals surface area (Å²) in [5.74, 6) is 1.69. The van der Waals surface area contributed by atoms with Gasteiger partial charge in [-0.3, -0.25) is 4.79 Å². The number of nitrogens with zero attached hydrogens (tertiary/aromatic N) is 2. The largest absolute Gasteiger partial charge is 0.340 e. The minimum atomic E-state index is 0.374. The normalized spacial score (nSPS) is 30.4. The molecule has 0 unspecified atom stereocenters. The zero-order valence-electron chi connectivity index (χ0n) is 11.6. The summed E-state index contributed by atoms with van der Waals surface area (Å²) in [6.45, 7) is 4.68. The van der Waals surface area contributed by atoms with Crippen LogP contribution < -0.4 is 5.73 Å². The standard InChI is InChI=1S/C14H27N3O/c1-16-6-8-17(9-7-16)14(18)10-12-2-4-13(11-15)5-3-12/h12-13H,2-11,15H2,1H3. The number of piperazine rings is 1. The highest BCUT2D eigenvalue weighted by Crippen LogP contribution is 2.30. The molecule has 0 radical (unpaired) electrons. The van der Waals surface area contributed by atoms with Crippen LogP contribution in [0.4, 0.5) is 0 Å². The summed E-state index contributed by atoms with van der Waals surface area (Å²) in [5.41, 5.74) is 5.70. The molecular formula is C14H27N3O. The number of carbonyl (C=O) groups excluding carboxylic acids is 1. The van der Waals surface area contributed by atoms with E-state index < -0.39 is 0 Å². The molecule has 0 aromatic rings. The van der Waals surface area contributed by atoms with Gasteiger partial charge in [-0.2, -0.15) is 0 Å². The van der Waals surface area contributed by atoms with Gasteiger partial charge in [0, 0.05) is 32.6 Å². The van der Waals surface area contributed by atoms with Gasteiger partial charge in [-0.05, 0) is 51.1 Å². The van der Waals surface area contributed by atoms with Crippen molar-refractivity contribution in [2.75, 3.05) is 39.8 Å². The molecule has 2 fully saturated rings. The maximum Gasteiger partial charge on any atom is 0.222 e. The van der Waals surface area contributed by atoms with Crippen LogP contribution in [-0.4, -0.2) is 55.5 Å². The molecule has 0 bridgehead atoms. The molecule has 2 rings (SSSR count). The predicted molar refractivity (Wildman–Crippen MR) is 73.2 cm³/mol. The minimum Gasteiger partial charge on any atom is -0.340 e. The van der Waals surface area contributed by atoms with Crippen LogP contribution in [-0.2, 0) is 4.79 Å². The van der Waals surface area contributed by atoms with Crippen molar-refractivity contribution in [3.63, 3.8) is 0 Å². The molecule has 4 heteroatoms. The van der Waals surface area contributed by atoms with Crippen molar-refractivity contribution in [3.8, 4) is 0 Å². The lowest BCUT2D eigenvalue weighted by atomic mass is 9.80. The van der Waals surface area contributed by atoms with Crippen molar-refractivity contribution >= 4 is 5.91 Å². The van der Waals surface area contributed by atoms with Gasteiger partial charge in [0.2, 0.25) is 5.91 Å². The monoisotopic (exact) mass is 253 g/mol. The van der Waals surface area contributed by atoms with E-state index in [-0.39, 0.29) is 0 Å². The summed E-state index contributed by atoms with van der Waals surface area (Å²) in [6.07, 6.45) is 5.60. The van der Waals surface area contributed by atoms with Crippen molar-refractivity contribution in [2.45, 2.75) is 32.1 Å². The van der Waals surface area contributed by atoms with Gasteiger partial charge in [0.05, 0.1) is 0 Å². The summed E-state index contributed by atoms with van der Waals surface area (Å²) in [5, 5.41) is 0. The van der Waals surface area contributed by atoms with E-state index in [0.717, 1.165) is 39.1 Å². The molecular weight excluding hydrogens is 226 g/mol. The fourth-order valence-corrected chi connectivity index (χ4v) is 3.10. The number of nitrogens with two attached hydrogens (primary N) is 1. The van der Waals surface area contributed by atoms with E-state index in [1.165, 1.54) is 25.7 Å². The third-order valence-electron chi connectivity index (χ3n) is 4.62. The molecule has 0 spiro atoms. The number of likely N-dealkylation sites (N-methyl/N-ethyl adjacent to an activating group) is 1. The molecule has 1 aliphatic carbocycles. The number of amides is 1. The molecule has 2 aliphatic rings. The first-order valence-corrected chi connectivity index (χ1v) is 7.35. The third kappa shape index (κ3) is 3.69. The van der Waals surface area contributed by atoms with Gasteiger partial charge < -0.3 is 15.5 Å². The predicted octanol–water partition coefficient (Wildman–Crippen LogP) is 0.916. The molecule has 0 atom stereocenters. The first-order valence-electron chi connectivity index (χ1n) is 7.35. The lowest BCUT2D eigenvalue weighted by Crippen LogP contribution is -2.47. The molecule has 1 amide bonds. The quantitative estimate of drug-likeness (QED) is 0.813. The topological polar surface area (TPSA) is 49.6 Å². The van der Waals surface area contributed by atoms with Crippen LogP contribution in [0.2, 0.25) is 0 Å². The van der Waals surface area contributed by atoms with Gasteiger partial charge in [0.15, 0.2) is 0 Å². The van der Waals surface area contributed by atoms with E-state index in [2.05, 4.69) is 16.8 Å². The van der Waals surface area contributed by atoms with Crippen LogP contribution in [0, 0.1) is 11.8 Å². The second-order valence-electron chi connectivity index (χ2n) is 6.01. The number of rotatable bonds is 3. The fraction of sp³-hybridized carbons (Fsp3) is 0.929. The molecule has 0 aromatic carbocycles. The Morgan fingerprint density at radius 2 is 1.61 bits per heavy atom. The Kier molecular flexibility index (Phi) is 5.01. The molecule has 2 N–H and O–H groups in total. The van der Waals surface area contributed by atoms with Crippen LogP contribution in [0.25, 0.3) is 0 Å². The van der Waals surface area contributed by atoms with E-state index in [1.807, 2.05) is 0 Å². The van der Waals surface area contributed by atoms with E-state index in [0.29, 0.717) is 17.7 Å². The average molecular weight is 253 g/mol. The van der Waals surface area contributed by atoms with Gasteiger partial charge in [0.1, 0.15) is 0 Å². The highest BCUT2D eigenvalue weighted by atomic mass is 16.2. The van der Waals surface area contributed by atoms with Crippen LogP contribution in [0.15, 0.2) is 0 Å². The van der Waals surface area contributed by atoms with Gasteiger partial charge in [-0.15, -0.1) is 0 Å². The summed E-state index contributed by atoms with van der Waals surface area (Å²) >= 11 is 0. The van der Waals surface area contributed by atoms with Crippen LogP contribution in [0.5, 0.6) is 0 Å². The van der Waals surface area contributed by atoms with Crippen molar-refractivity contribution in [1.29, 1.82) is 0 Å². The Labute approximate surface area is 110 Å². The Morgan fingerprint density at radius 1 is 1.06 bits per heavy atom. The molecule has 0 aromatic heterocycles. The van der Waals surface area contributed by atoms with Crippen LogP contribution >= 0.6 is 0 Å². The highest BCUT2D eigenvalue weighted by molar-refractivity contribution is 5.76. The Bertz CT molecular complexity index is 266. The van der Waals surface area contributed by atoms with E-state index in [1.54, 1.807) is 0 Å². The minimum absolute atomic E-state index is 0.374. The highest BCUT2D eigenvalue weighted by Gasteiger charge is 2.25. The molecule has 1 saturated heterocycles. The maximum atomic E-state index is 12.2. The van der Waals surface area contributed by atoms with Gasteiger partial charge in [-0.1, -0.05) is 0 Å². The van der Waals surface area contributed by atoms with Crippen molar-refractivity contribution < 1.29 is 4.79 Å². The summed E-state index contributed by atoms with van der Waals surface area (Å²) in [7, 11) is 2.12. The van der Waals surface area contributed by atoms with Crippen molar-refractivity contribution in [1.82, 2.24) is 9.80 Å². The second kappa shape index (κ2) is 6.53. The zero-order valence-corrected chi connectivity index (χ0v) is 11.6. The summed E-state index contributed by atoms with van der Waals surface area (Å²) in [6, 6.07) is 0. The molecule has 18 heavy (non-hydrogen) atoms. The van der Waals surface area contributed by atoms with Crippen LogP contribution in [0.1, 0.15) is 32.1 Å². The maximum absolute atomic E-state index is 12.2. The Balaban J connectivity index is 1.71. The summed E-state index contributed by atoms with van der Waals surface area (Å²) in [4.78, 5) is 16.5. The van der Waals surface area contributed by atoms with Crippen LogP contribution in [0.3, 0.4) is 0 Å². The van der Waals surface area contributed by atoms with E-state index in [4.69, 9.17) is 5.73 Å². The van der Waals surface area contributed by atoms with Crippen molar-refractivity contribution in [2.24, 2.45) is 17.6 Å². The summed E-state index contributed by atoms with van der Waals surface area (Å²) < 4.78 is 0. The SMILES string of the molecule is CN1CCN(C(=O)CC2CCC(CN)CC2)CC1.